The minimum atomic E-state index is 0.233. The Morgan fingerprint density at radius 2 is 1.86 bits per heavy atom. The van der Waals surface area contributed by atoms with Gasteiger partial charge in [0.15, 0.2) is 0 Å². The third kappa shape index (κ3) is 4.47. The normalized spacial score (nSPS) is 17.4. The van der Waals surface area contributed by atoms with Crippen molar-refractivity contribution in [1.82, 2.24) is 0 Å². The summed E-state index contributed by atoms with van der Waals surface area (Å²) in [7, 11) is 0. The van der Waals surface area contributed by atoms with Crippen molar-refractivity contribution in [2.75, 3.05) is 11.4 Å². The Labute approximate surface area is 130 Å². The predicted molar refractivity (Wildman–Crippen MR) is 93.0 cm³/mol. The summed E-state index contributed by atoms with van der Waals surface area (Å²) in [5.41, 5.74) is 10.1. The summed E-state index contributed by atoms with van der Waals surface area (Å²) in [4.78, 5) is 2.65. The minimum Gasteiger partial charge on any atom is -0.368 e. The molecule has 1 aromatic rings. The van der Waals surface area contributed by atoms with Gasteiger partial charge in [-0.2, -0.15) is 0 Å². The van der Waals surface area contributed by atoms with Crippen LogP contribution in [0.25, 0.3) is 0 Å². The summed E-state index contributed by atoms with van der Waals surface area (Å²) in [6, 6.07) is 7.95. The molecule has 1 aromatic carbocycles. The Morgan fingerprint density at radius 3 is 2.38 bits per heavy atom. The molecular weight excluding hydrogens is 256 g/mol. The van der Waals surface area contributed by atoms with Gasteiger partial charge in [0.2, 0.25) is 0 Å². The van der Waals surface area contributed by atoms with Gasteiger partial charge in [0.05, 0.1) is 0 Å². The van der Waals surface area contributed by atoms with Gasteiger partial charge in [0.1, 0.15) is 0 Å². The van der Waals surface area contributed by atoms with Crippen molar-refractivity contribution in [2.24, 2.45) is 11.7 Å². The fourth-order valence-corrected chi connectivity index (χ4v) is 3.51. The molecule has 0 bridgehead atoms. The summed E-state index contributed by atoms with van der Waals surface area (Å²) in [6.07, 6.45) is 6.46. The van der Waals surface area contributed by atoms with Crippen LogP contribution in [-0.4, -0.2) is 18.6 Å². The van der Waals surface area contributed by atoms with Crippen LogP contribution in [0, 0.1) is 12.8 Å². The van der Waals surface area contributed by atoms with Gasteiger partial charge in [-0.3, -0.25) is 0 Å². The standard InChI is InChI=1S/C19H32N2/c1-14(2)13-21(18-7-5-6-8-18)19-10-9-17(12-16(4)20)15(3)11-19/h9-11,14,16,18H,5-8,12-13,20H2,1-4H3. The van der Waals surface area contributed by atoms with Gasteiger partial charge in [-0.1, -0.05) is 32.8 Å². The first kappa shape index (κ1) is 16.4. The lowest BCUT2D eigenvalue weighted by Crippen LogP contribution is -2.36. The molecule has 0 saturated heterocycles. The first-order valence-electron chi connectivity index (χ1n) is 8.59. The molecule has 1 aliphatic rings. The molecule has 0 aromatic heterocycles. The van der Waals surface area contributed by atoms with Crippen molar-refractivity contribution in [1.29, 1.82) is 0 Å². The number of benzene rings is 1. The van der Waals surface area contributed by atoms with Crippen LogP contribution in [0.2, 0.25) is 0 Å². The van der Waals surface area contributed by atoms with Crippen LogP contribution in [0.15, 0.2) is 18.2 Å². The molecule has 0 aliphatic heterocycles. The predicted octanol–water partition coefficient (Wildman–Crippen LogP) is 4.29. The Hall–Kier alpha value is -1.02. The van der Waals surface area contributed by atoms with Crippen molar-refractivity contribution in [2.45, 2.75) is 71.9 Å². The van der Waals surface area contributed by atoms with Gasteiger partial charge >= 0.3 is 0 Å². The summed E-state index contributed by atoms with van der Waals surface area (Å²) >= 11 is 0. The molecule has 2 rings (SSSR count). The molecule has 0 radical (unpaired) electrons. The van der Waals surface area contributed by atoms with Crippen LogP contribution in [0.3, 0.4) is 0 Å². The number of aryl methyl sites for hydroxylation is 1. The van der Waals surface area contributed by atoms with Gasteiger partial charge in [0, 0.05) is 24.3 Å². The molecule has 118 valence electrons. The first-order chi connectivity index (χ1) is 9.97. The highest BCUT2D eigenvalue weighted by atomic mass is 15.2. The van der Waals surface area contributed by atoms with Gasteiger partial charge in [-0.05, 0) is 62.3 Å². The summed E-state index contributed by atoms with van der Waals surface area (Å²) in [5.74, 6) is 0.703. The molecule has 1 aliphatic carbocycles. The molecule has 0 amide bonds. The smallest absolute Gasteiger partial charge is 0.0371 e. The summed E-state index contributed by atoms with van der Waals surface area (Å²) in [6.45, 7) is 10.1. The van der Waals surface area contributed by atoms with E-state index in [9.17, 15) is 0 Å². The van der Waals surface area contributed by atoms with Gasteiger partial charge in [-0.25, -0.2) is 0 Å². The number of rotatable bonds is 6. The Kier molecular flexibility index (Phi) is 5.69. The van der Waals surface area contributed by atoms with E-state index in [4.69, 9.17) is 5.73 Å². The molecule has 1 saturated carbocycles. The maximum atomic E-state index is 5.95. The molecule has 1 fully saturated rings. The molecule has 2 N–H and O–H groups in total. The van der Waals surface area contributed by atoms with Crippen molar-refractivity contribution < 1.29 is 0 Å². The summed E-state index contributed by atoms with van der Waals surface area (Å²) in [5, 5.41) is 0. The molecule has 0 heterocycles. The maximum Gasteiger partial charge on any atom is 0.0371 e. The fourth-order valence-electron chi connectivity index (χ4n) is 3.51. The van der Waals surface area contributed by atoms with E-state index in [0.717, 1.165) is 19.0 Å². The average Bonchev–Trinajstić information content (AvgIpc) is 2.91. The van der Waals surface area contributed by atoms with E-state index in [0.29, 0.717) is 5.92 Å². The minimum absolute atomic E-state index is 0.233. The van der Waals surface area contributed by atoms with E-state index in [1.807, 2.05) is 0 Å². The molecular formula is C19H32N2. The molecule has 0 spiro atoms. The van der Waals surface area contributed by atoms with Gasteiger partial charge in [-0.15, -0.1) is 0 Å². The highest BCUT2D eigenvalue weighted by Gasteiger charge is 2.23. The van der Waals surface area contributed by atoms with Crippen LogP contribution in [0.4, 0.5) is 5.69 Å². The number of nitrogens with zero attached hydrogens (tertiary/aromatic N) is 1. The number of nitrogens with two attached hydrogens (primary N) is 1. The highest BCUT2D eigenvalue weighted by molar-refractivity contribution is 5.52. The van der Waals surface area contributed by atoms with Gasteiger partial charge in [0.25, 0.3) is 0 Å². The highest BCUT2D eigenvalue weighted by Crippen LogP contribution is 2.30. The topological polar surface area (TPSA) is 29.3 Å². The molecule has 2 nitrogen and oxygen atoms in total. The lowest BCUT2D eigenvalue weighted by molar-refractivity contribution is 0.535. The lowest BCUT2D eigenvalue weighted by Gasteiger charge is -2.33. The van der Waals surface area contributed by atoms with E-state index in [1.165, 1.54) is 42.5 Å². The number of hydrogen-bond acceptors (Lipinski definition) is 2. The molecule has 1 unspecified atom stereocenters. The molecule has 1 atom stereocenters. The quantitative estimate of drug-likeness (QED) is 0.846. The van der Waals surface area contributed by atoms with E-state index in [-0.39, 0.29) is 6.04 Å². The zero-order valence-corrected chi connectivity index (χ0v) is 14.2. The summed E-state index contributed by atoms with van der Waals surface area (Å²) < 4.78 is 0. The van der Waals surface area contributed by atoms with Crippen molar-refractivity contribution in [3.63, 3.8) is 0 Å². The molecule has 21 heavy (non-hydrogen) atoms. The zero-order valence-electron chi connectivity index (χ0n) is 14.2. The van der Waals surface area contributed by atoms with E-state index < -0.39 is 0 Å². The second-order valence-corrected chi connectivity index (χ2v) is 7.28. The van der Waals surface area contributed by atoms with Crippen molar-refractivity contribution in [3.8, 4) is 0 Å². The molecule has 2 heteroatoms. The van der Waals surface area contributed by atoms with Crippen LogP contribution >= 0.6 is 0 Å². The number of anilines is 1. The second kappa shape index (κ2) is 7.31. The van der Waals surface area contributed by atoms with E-state index in [1.54, 1.807) is 0 Å². The first-order valence-corrected chi connectivity index (χ1v) is 8.59. The van der Waals surface area contributed by atoms with E-state index in [2.05, 4.69) is 50.8 Å². The third-order valence-corrected chi connectivity index (χ3v) is 4.53. The zero-order chi connectivity index (χ0) is 15.4. The largest absolute Gasteiger partial charge is 0.368 e. The van der Waals surface area contributed by atoms with Crippen LogP contribution in [0.5, 0.6) is 0 Å². The van der Waals surface area contributed by atoms with E-state index >= 15 is 0 Å². The van der Waals surface area contributed by atoms with Crippen molar-refractivity contribution in [3.05, 3.63) is 29.3 Å². The maximum absolute atomic E-state index is 5.95. The monoisotopic (exact) mass is 288 g/mol. The van der Waals surface area contributed by atoms with Crippen molar-refractivity contribution >= 4 is 5.69 Å². The Balaban J connectivity index is 2.21. The lowest BCUT2D eigenvalue weighted by atomic mass is 10.00. The van der Waals surface area contributed by atoms with Gasteiger partial charge < -0.3 is 10.6 Å². The Morgan fingerprint density at radius 1 is 1.19 bits per heavy atom. The second-order valence-electron chi connectivity index (χ2n) is 7.28. The van der Waals surface area contributed by atoms with Crippen LogP contribution in [0.1, 0.15) is 57.6 Å². The van der Waals surface area contributed by atoms with Crippen LogP contribution < -0.4 is 10.6 Å². The van der Waals surface area contributed by atoms with Crippen LogP contribution in [-0.2, 0) is 6.42 Å². The third-order valence-electron chi connectivity index (χ3n) is 4.53. The number of hydrogen-bond donors (Lipinski definition) is 1. The fraction of sp³-hybridized carbons (Fsp3) is 0.684. The Bertz CT molecular complexity index is 445. The SMILES string of the molecule is Cc1cc(N(CC(C)C)C2CCCC2)ccc1CC(C)N. The average molecular weight is 288 g/mol.